The minimum absolute atomic E-state index is 0.154. The number of carboxylic acid groups (broad SMARTS) is 1. The van der Waals surface area contributed by atoms with Crippen LogP contribution >= 0.6 is 11.6 Å². The van der Waals surface area contributed by atoms with Crippen molar-refractivity contribution < 1.29 is 9.90 Å². The molecule has 2 aromatic heterocycles. The highest BCUT2D eigenvalue weighted by molar-refractivity contribution is 6.36. The zero-order chi connectivity index (χ0) is 12.6. The first kappa shape index (κ1) is 11.7. The lowest BCUT2D eigenvalue weighted by Gasteiger charge is -2.04. The Morgan fingerprint density at radius 2 is 2.00 bits per heavy atom. The Labute approximate surface area is 103 Å². The van der Waals surface area contributed by atoms with Crippen molar-refractivity contribution in [2.75, 3.05) is 0 Å². The first-order chi connectivity index (χ1) is 8.04. The number of pyridine rings is 1. The van der Waals surface area contributed by atoms with Crippen LogP contribution in [0.1, 0.15) is 16.1 Å². The monoisotopic (exact) mass is 250 g/mol. The molecule has 2 rings (SSSR count). The van der Waals surface area contributed by atoms with Gasteiger partial charge in [-0.2, -0.15) is 0 Å². The van der Waals surface area contributed by atoms with Crippen LogP contribution < -0.4 is 0 Å². The van der Waals surface area contributed by atoms with E-state index in [-0.39, 0.29) is 10.6 Å². The SMILES string of the molecule is Cc1c(C(=O)O)c(Cl)c(-c2ccncc2)n1C. The van der Waals surface area contributed by atoms with E-state index >= 15 is 0 Å². The van der Waals surface area contributed by atoms with Crippen LogP contribution in [-0.2, 0) is 7.05 Å². The minimum atomic E-state index is -1.01. The molecule has 88 valence electrons. The summed E-state index contributed by atoms with van der Waals surface area (Å²) in [6.07, 6.45) is 3.29. The fourth-order valence-electron chi connectivity index (χ4n) is 1.84. The zero-order valence-electron chi connectivity index (χ0n) is 9.44. The number of rotatable bonds is 2. The third-order valence-electron chi connectivity index (χ3n) is 2.80. The third-order valence-corrected chi connectivity index (χ3v) is 3.16. The molecule has 2 aromatic rings. The van der Waals surface area contributed by atoms with Crippen LogP contribution in [-0.4, -0.2) is 20.6 Å². The maximum Gasteiger partial charge on any atom is 0.339 e. The molecule has 0 atom stereocenters. The lowest BCUT2D eigenvalue weighted by atomic mass is 10.2. The largest absolute Gasteiger partial charge is 0.478 e. The number of hydrogen-bond acceptors (Lipinski definition) is 2. The molecule has 0 aliphatic carbocycles. The maximum absolute atomic E-state index is 11.1. The Kier molecular flexibility index (Phi) is 2.90. The summed E-state index contributed by atoms with van der Waals surface area (Å²) < 4.78 is 1.78. The Bertz CT molecular complexity index is 576. The molecule has 17 heavy (non-hydrogen) atoms. The van der Waals surface area contributed by atoms with Crippen LogP contribution in [0.25, 0.3) is 11.3 Å². The molecule has 0 aliphatic rings. The second-order valence-electron chi connectivity index (χ2n) is 3.72. The van der Waals surface area contributed by atoms with Gasteiger partial charge in [0.15, 0.2) is 0 Å². The van der Waals surface area contributed by atoms with Crippen molar-refractivity contribution in [1.82, 2.24) is 9.55 Å². The standard InChI is InChI=1S/C12H11ClN2O2/c1-7-9(12(16)17)10(13)11(15(7)2)8-3-5-14-6-4-8/h3-6H,1-2H3,(H,16,17). The number of aromatic carboxylic acids is 1. The van der Waals surface area contributed by atoms with Gasteiger partial charge in [0.05, 0.1) is 16.3 Å². The molecule has 0 aliphatic heterocycles. The van der Waals surface area contributed by atoms with Gasteiger partial charge in [-0.1, -0.05) is 11.6 Å². The molecular formula is C12H11ClN2O2. The molecule has 0 spiro atoms. The predicted molar refractivity (Wildman–Crippen MR) is 65.4 cm³/mol. The molecule has 0 bridgehead atoms. The number of aromatic nitrogens is 2. The van der Waals surface area contributed by atoms with Crippen LogP contribution in [0.4, 0.5) is 0 Å². The summed E-state index contributed by atoms with van der Waals surface area (Å²) in [5, 5.41) is 9.39. The fraction of sp³-hybridized carbons (Fsp3) is 0.167. The molecule has 0 fully saturated rings. The van der Waals surface area contributed by atoms with E-state index in [0.29, 0.717) is 11.4 Å². The first-order valence-electron chi connectivity index (χ1n) is 5.02. The van der Waals surface area contributed by atoms with E-state index in [1.54, 1.807) is 43.1 Å². The van der Waals surface area contributed by atoms with Gasteiger partial charge in [-0.25, -0.2) is 4.79 Å². The van der Waals surface area contributed by atoms with Gasteiger partial charge in [0.2, 0.25) is 0 Å². The van der Waals surface area contributed by atoms with Crippen LogP contribution in [0.2, 0.25) is 5.02 Å². The number of carboxylic acids is 1. The Morgan fingerprint density at radius 3 is 2.47 bits per heavy atom. The molecule has 1 N–H and O–H groups in total. The Balaban J connectivity index is 2.72. The van der Waals surface area contributed by atoms with Gasteiger partial charge in [0.1, 0.15) is 0 Å². The molecule has 0 aromatic carbocycles. The highest BCUT2D eigenvalue weighted by Gasteiger charge is 2.22. The summed E-state index contributed by atoms with van der Waals surface area (Å²) in [5.41, 5.74) is 2.34. The van der Waals surface area contributed by atoms with Crippen molar-refractivity contribution in [3.05, 3.63) is 40.8 Å². The quantitative estimate of drug-likeness (QED) is 0.892. The zero-order valence-corrected chi connectivity index (χ0v) is 10.2. The second-order valence-corrected chi connectivity index (χ2v) is 4.10. The van der Waals surface area contributed by atoms with Crippen molar-refractivity contribution in [2.45, 2.75) is 6.92 Å². The molecule has 2 heterocycles. The smallest absolute Gasteiger partial charge is 0.339 e. The van der Waals surface area contributed by atoms with E-state index < -0.39 is 5.97 Å². The topological polar surface area (TPSA) is 55.1 Å². The fourth-order valence-corrected chi connectivity index (χ4v) is 2.29. The lowest BCUT2D eigenvalue weighted by Crippen LogP contribution is -1.99. The minimum Gasteiger partial charge on any atom is -0.478 e. The average molecular weight is 251 g/mol. The average Bonchev–Trinajstić information content (AvgIpc) is 2.51. The Hall–Kier alpha value is -1.81. The van der Waals surface area contributed by atoms with Crippen molar-refractivity contribution >= 4 is 17.6 Å². The molecule has 0 radical (unpaired) electrons. The molecule has 0 saturated heterocycles. The van der Waals surface area contributed by atoms with E-state index in [1.165, 1.54) is 0 Å². The Morgan fingerprint density at radius 1 is 1.41 bits per heavy atom. The van der Waals surface area contributed by atoms with Crippen molar-refractivity contribution in [1.29, 1.82) is 0 Å². The van der Waals surface area contributed by atoms with Crippen molar-refractivity contribution in [3.63, 3.8) is 0 Å². The molecule has 0 saturated carbocycles. The van der Waals surface area contributed by atoms with Crippen molar-refractivity contribution in [2.24, 2.45) is 7.05 Å². The first-order valence-corrected chi connectivity index (χ1v) is 5.40. The van der Waals surface area contributed by atoms with Gasteiger partial charge >= 0.3 is 5.97 Å². The maximum atomic E-state index is 11.1. The highest BCUT2D eigenvalue weighted by Crippen LogP contribution is 2.34. The number of halogens is 1. The lowest BCUT2D eigenvalue weighted by molar-refractivity contribution is 0.0696. The van der Waals surface area contributed by atoms with Crippen molar-refractivity contribution in [3.8, 4) is 11.3 Å². The molecule has 0 amide bonds. The molecule has 5 heteroatoms. The molecular weight excluding hydrogens is 240 g/mol. The van der Waals surface area contributed by atoms with E-state index in [9.17, 15) is 4.79 Å². The van der Waals surface area contributed by atoms with E-state index in [0.717, 1.165) is 5.56 Å². The molecule has 4 nitrogen and oxygen atoms in total. The number of nitrogens with zero attached hydrogens (tertiary/aromatic N) is 2. The molecule has 0 unspecified atom stereocenters. The summed E-state index contributed by atoms with van der Waals surface area (Å²) in [6.45, 7) is 1.74. The normalized spacial score (nSPS) is 10.5. The summed E-state index contributed by atoms with van der Waals surface area (Å²) in [6, 6.07) is 3.60. The number of hydrogen-bond donors (Lipinski definition) is 1. The summed E-state index contributed by atoms with van der Waals surface area (Å²) in [7, 11) is 1.80. The van der Waals surface area contributed by atoms with E-state index in [2.05, 4.69) is 4.98 Å². The van der Waals surface area contributed by atoms with Gasteiger partial charge in [-0.3, -0.25) is 4.98 Å². The predicted octanol–water partition coefficient (Wildman–Crippen LogP) is 2.75. The van der Waals surface area contributed by atoms with Crippen LogP contribution in [0.3, 0.4) is 0 Å². The van der Waals surface area contributed by atoms with Gasteiger partial charge < -0.3 is 9.67 Å². The summed E-state index contributed by atoms with van der Waals surface area (Å²) in [5.74, 6) is -1.01. The van der Waals surface area contributed by atoms with E-state index in [1.807, 2.05) is 0 Å². The van der Waals surface area contributed by atoms with Gasteiger partial charge in [-0.15, -0.1) is 0 Å². The number of carbonyl (C=O) groups is 1. The highest BCUT2D eigenvalue weighted by atomic mass is 35.5. The van der Waals surface area contributed by atoms with Gasteiger partial charge in [-0.05, 0) is 19.1 Å². The third kappa shape index (κ3) is 1.80. The summed E-state index contributed by atoms with van der Waals surface area (Å²) in [4.78, 5) is 15.1. The van der Waals surface area contributed by atoms with Gasteiger partial charge in [0.25, 0.3) is 0 Å². The van der Waals surface area contributed by atoms with Crippen LogP contribution in [0, 0.1) is 6.92 Å². The van der Waals surface area contributed by atoms with Crippen LogP contribution in [0.15, 0.2) is 24.5 Å². The summed E-state index contributed by atoms with van der Waals surface area (Å²) >= 11 is 6.14. The van der Waals surface area contributed by atoms with Gasteiger partial charge in [0, 0.05) is 30.7 Å². The van der Waals surface area contributed by atoms with Crippen LogP contribution in [0.5, 0.6) is 0 Å². The van der Waals surface area contributed by atoms with E-state index in [4.69, 9.17) is 16.7 Å². The second kappa shape index (κ2) is 4.22.